The Labute approximate surface area is 174 Å². The first kappa shape index (κ1) is 20.6. The van der Waals surface area contributed by atoms with Crippen molar-refractivity contribution in [2.24, 2.45) is 0 Å². The number of halogens is 2. The number of nitrogens with zero attached hydrogens (tertiary/aromatic N) is 4. The van der Waals surface area contributed by atoms with E-state index in [4.69, 9.17) is 23.2 Å². The Bertz CT molecular complexity index is 1010. The first-order chi connectivity index (χ1) is 13.2. The Kier molecular flexibility index (Phi) is 5.91. The lowest BCUT2D eigenvalue weighted by atomic mass is 9.84. The number of rotatable bonds is 6. The standard InChI is InChI=1S/C20H23Cl2N5O/c1-12-14(13(2)27-19(26-12)24-11-25-27)8-9-17(28)23-10-20(3,4)18-15(21)6-5-7-16(18)22/h5-7,11H,8-10H2,1-4H3,(H,23,28). The number of carbonyl (C=O) groups excluding carboxylic acids is 1. The molecule has 0 fully saturated rings. The molecule has 1 N–H and O–H groups in total. The van der Waals surface area contributed by atoms with Crippen molar-refractivity contribution in [3.8, 4) is 0 Å². The Morgan fingerprint density at radius 3 is 2.57 bits per heavy atom. The summed E-state index contributed by atoms with van der Waals surface area (Å²) in [6.45, 7) is 8.35. The molecule has 0 aliphatic rings. The molecule has 6 nitrogen and oxygen atoms in total. The number of hydrogen-bond donors (Lipinski definition) is 1. The fraction of sp³-hybridized carbons (Fsp3) is 0.400. The van der Waals surface area contributed by atoms with E-state index in [0.29, 0.717) is 35.2 Å². The summed E-state index contributed by atoms with van der Waals surface area (Å²) in [4.78, 5) is 21.0. The zero-order valence-corrected chi connectivity index (χ0v) is 17.9. The number of aromatic nitrogens is 4. The summed E-state index contributed by atoms with van der Waals surface area (Å²) in [6, 6.07) is 5.43. The molecule has 0 atom stereocenters. The van der Waals surface area contributed by atoms with E-state index >= 15 is 0 Å². The summed E-state index contributed by atoms with van der Waals surface area (Å²) < 4.78 is 1.70. The highest BCUT2D eigenvalue weighted by atomic mass is 35.5. The van der Waals surface area contributed by atoms with E-state index in [1.54, 1.807) is 4.52 Å². The smallest absolute Gasteiger partial charge is 0.252 e. The highest BCUT2D eigenvalue weighted by Crippen LogP contribution is 2.35. The average Bonchev–Trinajstić information content (AvgIpc) is 3.08. The van der Waals surface area contributed by atoms with Gasteiger partial charge in [-0.1, -0.05) is 43.1 Å². The third-order valence-electron chi connectivity index (χ3n) is 4.96. The lowest BCUT2D eigenvalue weighted by molar-refractivity contribution is -0.121. The van der Waals surface area contributed by atoms with Crippen molar-refractivity contribution in [1.29, 1.82) is 0 Å². The molecule has 148 valence electrons. The number of amides is 1. The Hall–Kier alpha value is -2.18. The maximum atomic E-state index is 12.5. The van der Waals surface area contributed by atoms with E-state index in [-0.39, 0.29) is 5.91 Å². The fourth-order valence-corrected chi connectivity index (χ4v) is 4.31. The molecule has 0 saturated heterocycles. The van der Waals surface area contributed by atoms with Crippen molar-refractivity contribution in [3.05, 3.63) is 57.1 Å². The van der Waals surface area contributed by atoms with Gasteiger partial charge in [0, 0.05) is 39.8 Å². The molecule has 0 unspecified atom stereocenters. The third kappa shape index (κ3) is 4.13. The highest BCUT2D eigenvalue weighted by Gasteiger charge is 2.26. The predicted octanol–water partition coefficient (Wildman–Crippen LogP) is 4.07. The van der Waals surface area contributed by atoms with E-state index in [1.165, 1.54) is 6.33 Å². The second-order valence-corrected chi connectivity index (χ2v) is 8.30. The van der Waals surface area contributed by atoms with Crippen molar-refractivity contribution in [2.45, 2.75) is 46.0 Å². The number of benzene rings is 1. The van der Waals surface area contributed by atoms with Crippen LogP contribution in [0, 0.1) is 13.8 Å². The van der Waals surface area contributed by atoms with Gasteiger partial charge in [-0.25, -0.2) is 9.50 Å². The largest absolute Gasteiger partial charge is 0.355 e. The summed E-state index contributed by atoms with van der Waals surface area (Å²) in [5.74, 6) is 0.537. The molecule has 0 radical (unpaired) electrons. The van der Waals surface area contributed by atoms with Gasteiger partial charge in [0.25, 0.3) is 5.78 Å². The van der Waals surface area contributed by atoms with Gasteiger partial charge < -0.3 is 5.32 Å². The number of nitrogens with one attached hydrogen (secondary N) is 1. The van der Waals surface area contributed by atoms with Gasteiger partial charge in [-0.15, -0.1) is 0 Å². The van der Waals surface area contributed by atoms with Gasteiger partial charge in [0.05, 0.1) is 0 Å². The summed E-state index contributed by atoms with van der Waals surface area (Å²) in [5.41, 5.74) is 3.29. The minimum absolute atomic E-state index is 0.0336. The van der Waals surface area contributed by atoms with E-state index in [9.17, 15) is 4.79 Å². The maximum Gasteiger partial charge on any atom is 0.252 e. The van der Waals surface area contributed by atoms with Crippen molar-refractivity contribution in [1.82, 2.24) is 24.9 Å². The van der Waals surface area contributed by atoms with Crippen LogP contribution in [0.25, 0.3) is 5.78 Å². The van der Waals surface area contributed by atoms with Crippen LogP contribution in [0.5, 0.6) is 0 Å². The summed E-state index contributed by atoms with van der Waals surface area (Å²) in [7, 11) is 0. The molecular weight excluding hydrogens is 397 g/mol. The zero-order chi connectivity index (χ0) is 20.5. The average molecular weight is 420 g/mol. The van der Waals surface area contributed by atoms with Crippen LogP contribution in [0.2, 0.25) is 10.0 Å². The van der Waals surface area contributed by atoms with Crippen molar-refractivity contribution in [2.75, 3.05) is 6.54 Å². The second kappa shape index (κ2) is 8.05. The molecule has 2 aromatic heterocycles. The molecule has 0 aliphatic heterocycles. The molecular formula is C20H23Cl2N5O. The molecule has 0 spiro atoms. The molecule has 3 aromatic rings. The van der Waals surface area contributed by atoms with Crippen LogP contribution in [0.3, 0.4) is 0 Å². The maximum absolute atomic E-state index is 12.5. The summed E-state index contributed by atoms with van der Waals surface area (Å²) in [6.07, 6.45) is 2.42. The van der Waals surface area contributed by atoms with Crippen LogP contribution in [0.15, 0.2) is 24.5 Å². The first-order valence-corrected chi connectivity index (χ1v) is 9.83. The van der Waals surface area contributed by atoms with E-state index < -0.39 is 5.41 Å². The zero-order valence-electron chi connectivity index (χ0n) is 16.4. The topological polar surface area (TPSA) is 72.2 Å². The molecule has 2 heterocycles. The molecule has 28 heavy (non-hydrogen) atoms. The monoisotopic (exact) mass is 419 g/mol. The third-order valence-corrected chi connectivity index (χ3v) is 5.59. The minimum atomic E-state index is -0.391. The quantitative estimate of drug-likeness (QED) is 0.653. The molecule has 1 aromatic carbocycles. The van der Waals surface area contributed by atoms with Crippen molar-refractivity contribution in [3.63, 3.8) is 0 Å². The predicted molar refractivity (Wildman–Crippen MR) is 111 cm³/mol. The number of hydrogen-bond acceptors (Lipinski definition) is 4. The van der Waals surface area contributed by atoms with Crippen LogP contribution in [-0.2, 0) is 16.6 Å². The second-order valence-electron chi connectivity index (χ2n) is 7.49. The number of carbonyl (C=O) groups is 1. The van der Waals surface area contributed by atoms with E-state index in [1.807, 2.05) is 45.9 Å². The molecule has 0 bridgehead atoms. The molecule has 0 saturated carbocycles. The normalized spacial score (nSPS) is 11.8. The van der Waals surface area contributed by atoms with Gasteiger partial charge in [0.2, 0.25) is 5.91 Å². The molecule has 1 amide bonds. The van der Waals surface area contributed by atoms with Crippen molar-refractivity contribution >= 4 is 34.9 Å². The fourth-order valence-electron chi connectivity index (χ4n) is 3.40. The summed E-state index contributed by atoms with van der Waals surface area (Å²) in [5, 5.41) is 8.39. The first-order valence-electron chi connectivity index (χ1n) is 9.07. The molecule has 3 rings (SSSR count). The van der Waals surface area contributed by atoms with Gasteiger partial charge >= 0.3 is 0 Å². The Morgan fingerprint density at radius 2 is 1.89 bits per heavy atom. The van der Waals surface area contributed by atoms with Crippen LogP contribution in [-0.4, -0.2) is 32.0 Å². The molecule has 8 heteroatoms. The number of fused-ring (bicyclic) bond motifs is 1. The van der Waals surface area contributed by atoms with Gasteiger partial charge in [0.1, 0.15) is 6.33 Å². The Morgan fingerprint density at radius 1 is 1.21 bits per heavy atom. The molecule has 0 aliphatic carbocycles. The lowest BCUT2D eigenvalue weighted by Crippen LogP contribution is -2.37. The SMILES string of the molecule is Cc1nc2ncnn2c(C)c1CCC(=O)NCC(C)(C)c1c(Cl)cccc1Cl. The van der Waals surface area contributed by atoms with Gasteiger partial charge in [-0.2, -0.15) is 10.1 Å². The van der Waals surface area contributed by atoms with E-state index in [2.05, 4.69) is 20.4 Å². The van der Waals surface area contributed by atoms with Crippen LogP contribution < -0.4 is 5.32 Å². The lowest BCUT2D eigenvalue weighted by Gasteiger charge is -2.27. The van der Waals surface area contributed by atoms with Crippen LogP contribution >= 0.6 is 23.2 Å². The van der Waals surface area contributed by atoms with Crippen LogP contribution in [0.1, 0.15) is 42.8 Å². The minimum Gasteiger partial charge on any atom is -0.355 e. The summed E-state index contributed by atoms with van der Waals surface area (Å²) >= 11 is 12.7. The number of aryl methyl sites for hydroxylation is 2. The highest BCUT2D eigenvalue weighted by molar-refractivity contribution is 6.36. The van der Waals surface area contributed by atoms with Gasteiger partial charge in [-0.3, -0.25) is 4.79 Å². The van der Waals surface area contributed by atoms with Gasteiger partial charge in [-0.05, 0) is 43.5 Å². The Balaban J connectivity index is 1.65. The van der Waals surface area contributed by atoms with E-state index in [0.717, 1.165) is 22.5 Å². The van der Waals surface area contributed by atoms with Crippen molar-refractivity contribution < 1.29 is 4.79 Å². The van der Waals surface area contributed by atoms with Gasteiger partial charge in [0.15, 0.2) is 0 Å². The van der Waals surface area contributed by atoms with Crippen LogP contribution in [0.4, 0.5) is 0 Å².